The molecule has 1 amide bonds. The first-order valence-corrected chi connectivity index (χ1v) is 10.5. The summed E-state index contributed by atoms with van der Waals surface area (Å²) in [6.45, 7) is 5.60. The van der Waals surface area contributed by atoms with Crippen LogP contribution in [0.4, 0.5) is 0 Å². The van der Waals surface area contributed by atoms with Crippen LogP contribution in [0.5, 0.6) is 0 Å². The number of aromatic nitrogens is 3. The predicted octanol–water partition coefficient (Wildman–Crippen LogP) is 4.11. The third-order valence-corrected chi connectivity index (χ3v) is 6.28. The standard InChI is InChI=1S/C22H26N4O3/c1-13-3-5-17-16(11-13)21(29-25-17)15-7-9-26(10-8-15)22(27)19-12-18(23-24-19)20-6-4-14(2)28-20/h4,6,12-13,15H,3,5,7-11H2,1-2H3,(H,23,24)/t13-/m0/s1. The van der Waals surface area contributed by atoms with Gasteiger partial charge in [0.25, 0.3) is 5.91 Å². The number of carbonyl (C=O) groups excluding carboxylic acids is 1. The van der Waals surface area contributed by atoms with Crippen molar-refractivity contribution in [3.05, 3.63) is 46.7 Å². The lowest BCUT2D eigenvalue weighted by Crippen LogP contribution is -2.38. The number of fused-ring (bicyclic) bond motifs is 1. The number of hydrogen-bond acceptors (Lipinski definition) is 5. The van der Waals surface area contributed by atoms with E-state index in [1.807, 2.05) is 24.0 Å². The zero-order chi connectivity index (χ0) is 20.0. The number of furan rings is 1. The molecule has 1 atom stereocenters. The van der Waals surface area contributed by atoms with E-state index in [0.717, 1.165) is 48.6 Å². The number of nitrogens with zero attached hydrogens (tertiary/aromatic N) is 3. The first kappa shape index (κ1) is 18.2. The molecule has 0 bridgehead atoms. The van der Waals surface area contributed by atoms with E-state index in [1.54, 1.807) is 6.07 Å². The van der Waals surface area contributed by atoms with Crippen LogP contribution in [0.1, 0.15) is 65.4 Å². The number of H-pyrrole nitrogens is 1. The van der Waals surface area contributed by atoms with Crippen molar-refractivity contribution in [2.24, 2.45) is 5.92 Å². The number of nitrogens with one attached hydrogen (secondary N) is 1. The number of rotatable bonds is 3. The molecule has 0 spiro atoms. The van der Waals surface area contributed by atoms with Gasteiger partial charge in [0.1, 0.15) is 17.2 Å². The summed E-state index contributed by atoms with van der Waals surface area (Å²) >= 11 is 0. The molecular weight excluding hydrogens is 368 g/mol. The maximum atomic E-state index is 12.9. The fraction of sp³-hybridized carbons (Fsp3) is 0.500. The smallest absolute Gasteiger partial charge is 0.274 e. The van der Waals surface area contributed by atoms with Crippen molar-refractivity contribution in [1.82, 2.24) is 20.3 Å². The fourth-order valence-corrected chi connectivity index (χ4v) is 4.57. The minimum absolute atomic E-state index is 0.0394. The maximum Gasteiger partial charge on any atom is 0.274 e. The van der Waals surface area contributed by atoms with Crippen LogP contribution in [0.3, 0.4) is 0 Å². The van der Waals surface area contributed by atoms with Gasteiger partial charge in [-0.3, -0.25) is 9.89 Å². The minimum atomic E-state index is -0.0394. The molecule has 3 aromatic rings. The van der Waals surface area contributed by atoms with Gasteiger partial charge in [-0.1, -0.05) is 12.1 Å². The molecule has 1 saturated heterocycles. The first-order chi connectivity index (χ1) is 14.1. The highest BCUT2D eigenvalue weighted by atomic mass is 16.5. The minimum Gasteiger partial charge on any atom is -0.460 e. The molecule has 0 radical (unpaired) electrons. The number of aryl methyl sites for hydroxylation is 2. The van der Waals surface area contributed by atoms with E-state index in [9.17, 15) is 4.79 Å². The fourth-order valence-electron chi connectivity index (χ4n) is 4.57. The van der Waals surface area contributed by atoms with Gasteiger partial charge in [-0.05, 0) is 57.1 Å². The molecule has 2 aliphatic rings. The van der Waals surface area contributed by atoms with Gasteiger partial charge in [0.05, 0.1) is 5.69 Å². The Balaban J connectivity index is 1.25. The Bertz CT molecular complexity index is 1020. The van der Waals surface area contributed by atoms with Crippen LogP contribution in [0, 0.1) is 12.8 Å². The summed E-state index contributed by atoms with van der Waals surface area (Å²) in [7, 11) is 0. The van der Waals surface area contributed by atoms with Gasteiger partial charge >= 0.3 is 0 Å². The molecule has 152 valence electrons. The lowest BCUT2D eigenvalue weighted by molar-refractivity contribution is 0.0700. The van der Waals surface area contributed by atoms with Gasteiger partial charge in [0.15, 0.2) is 11.5 Å². The second-order valence-corrected chi connectivity index (χ2v) is 8.46. The lowest BCUT2D eigenvalue weighted by atomic mass is 9.83. The predicted molar refractivity (Wildman–Crippen MR) is 107 cm³/mol. The monoisotopic (exact) mass is 394 g/mol. The molecule has 7 heteroatoms. The average molecular weight is 394 g/mol. The Kier molecular flexibility index (Phi) is 4.53. The third kappa shape index (κ3) is 3.39. The van der Waals surface area contributed by atoms with Crippen molar-refractivity contribution in [2.45, 2.75) is 51.9 Å². The Morgan fingerprint density at radius 3 is 2.83 bits per heavy atom. The van der Waals surface area contributed by atoms with Gasteiger partial charge in [-0.2, -0.15) is 5.10 Å². The van der Waals surface area contributed by atoms with Gasteiger partial charge in [-0.15, -0.1) is 0 Å². The van der Waals surface area contributed by atoms with Crippen LogP contribution in [0.15, 0.2) is 27.1 Å². The number of piperidine rings is 1. The molecule has 1 aliphatic heterocycles. The topological polar surface area (TPSA) is 88.2 Å². The van der Waals surface area contributed by atoms with Gasteiger partial charge in [-0.25, -0.2) is 0 Å². The summed E-state index contributed by atoms with van der Waals surface area (Å²) < 4.78 is 11.4. The number of aromatic amines is 1. The van der Waals surface area contributed by atoms with Crippen molar-refractivity contribution in [1.29, 1.82) is 0 Å². The lowest BCUT2D eigenvalue weighted by Gasteiger charge is -2.31. The normalized spacial score (nSPS) is 20.1. The van der Waals surface area contributed by atoms with Crippen molar-refractivity contribution < 1.29 is 13.7 Å². The van der Waals surface area contributed by atoms with Crippen LogP contribution in [0.2, 0.25) is 0 Å². The molecule has 29 heavy (non-hydrogen) atoms. The molecule has 1 N–H and O–H groups in total. The highest BCUT2D eigenvalue weighted by molar-refractivity contribution is 5.93. The summed E-state index contributed by atoms with van der Waals surface area (Å²) in [6.07, 6.45) is 5.08. The van der Waals surface area contributed by atoms with Gasteiger partial charge < -0.3 is 13.8 Å². The second-order valence-electron chi connectivity index (χ2n) is 8.46. The Labute approximate surface area is 169 Å². The molecule has 0 saturated carbocycles. The molecule has 5 rings (SSSR count). The van der Waals surface area contributed by atoms with Crippen LogP contribution < -0.4 is 0 Å². The van der Waals surface area contributed by atoms with E-state index in [1.165, 1.54) is 12.0 Å². The molecule has 1 aliphatic carbocycles. The van der Waals surface area contributed by atoms with E-state index in [4.69, 9.17) is 8.94 Å². The van der Waals surface area contributed by atoms with Crippen molar-refractivity contribution >= 4 is 5.91 Å². The third-order valence-electron chi connectivity index (χ3n) is 6.28. The van der Waals surface area contributed by atoms with Gasteiger partial charge in [0.2, 0.25) is 0 Å². The first-order valence-electron chi connectivity index (χ1n) is 10.5. The molecule has 3 aromatic heterocycles. The van der Waals surface area contributed by atoms with Crippen LogP contribution in [-0.4, -0.2) is 39.3 Å². The molecule has 0 aromatic carbocycles. The Hall–Kier alpha value is -2.83. The highest BCUT2D eigenvalue weighted by Crippen LogP contribution is 2.36. The van der Waals surface area contributed by atoms with Crippen LogP contribution in [0.25, 0.3) is 11.5 Å². The summed E-state index contributed by atoms with van der Waals surface area (Å²) in [5.74, 6) is 3.58. The second kappa shape index (κ2) is 7.21. The summed E-state index contributed by atoms with van der Waals surface area (Å²) in [5, 5.41) is 11.4. The molecule has 1 fully saturated rings. The van der Waals surface area contributed by atoms with E-state index >= 15 is 0 Å². The van der Waals surface area contributed by atoms with Crippen LogP contribution in [-0.2, 0) is 12.8 Å². The summed E-state index contributed by atoms with van der Waals surface area (Å²) in [5.41, 5.74) is 3.63. The number of likely N-dealkylation sites (tertiary alicyclic amines) is 1. The molecule has 7 nitrogen and oxygen atoms in total. The quantitative estimate of drug-likeness (QED) is 0.722. The van der Waals surface area contributed by atoms with Crippen molar-refractivity contribution in [3.8, 4) is 11.5 Å². The number of amides is 1. The molecule has 0 unspecified atom stereocenters. The molecule has 4 heterocycles. The Morgan fingerprint density at radius 2 is 2.07 bits per heavy atom. The summed E-state index contributed by atoms with van der Waals surface area (Å²) in [4.78, 5) is 14.8. The SMILES string of the molecule is Cc1ccc(-c2cc(C(=O)N3CCC(c4onc5c4C[C@@H](C)CC5)CC3)n[nH]2)o1. The summed E-state index contributed by atoms with van der Waals surface area (Å²) in [6, 6.07) is 5.54. The maximum absolute atomic E-state index is 12.9. The van der Waals surface area contributed by atoms with Gasteiger partial charge in [0, 0.05) is 30.6 Å². The van der Waals surface area contributed by atoms with E-state index in [0.29, 0.717) is 36.4 Å². The highest BCUT2D eigenvalue weighted by Gasteiger charge is 2.32. The van der Waals surface area contributed by atoms with Crippen molar-refractivity contribution in [3.63, 3.8) is 0 Å². The van der Waals surface area contributed by atoms with Crippen LogP contribution >= 0.6 is 0 Å². The van der Waals surface area contributed by atoms with E-state index in [-0.39, 0.29) is 5.91 Å². The Morgan fingerprint density at radius 1 is 1.24 bits per heavy atom. The largest absolute Gasteiger partial charge is 0.460 e. The number of carbonyl (C=O) groups is 1. The zero-order valence-electron chi connectivity index (χ0n) is 16.9. The van der Waals surface area contributed by atoms with E-state index < -0.39 is 0 Å². The van der Waals surface area contributed by atoms with E-state index in [2.05, 4.69) is 22.3 Å². The molecular formula is C22H26N4O3. The number of hydrogen-bond donors (Lipinski definition) is 1. The zero-order valence-corrected chi connectivity index (χ0v) is 16.9. The van der Waals surface area contributed by atoms with Crippen molar-refractivity contribution in [2.75, 3.05) is 13.1 Å². The average Bonchev–Trinajstić information content (AvgIpc) is 3.46.